The summed E-state index contributed by atoms with van der Waals surface area (Å²) in [5, 5.41) is 3.92. The maximum absolute atomic E-state index is 14.0. The summed E-state index contributed by atoms with van der Waals surface area (Å²) in [4.78, 5) is 47.5. The zero-order valence-electron chi connectivity index (χ0n) is 21.5. The highest BCUT2D eigenvalue weighted by molar-refractivity contribution is 5.75. The molecule has 0 spiro atoms. The highest BCUT2D eigenvalue weighted by Gasteiger charge is 2.45. The number of para-hydroxylation sites is 2. The molecule has 1 aromatic carbocycles. The number of hydrogen-bond donors (Lipinski definition) is 1. The van der Waals surface area contributed by atoms with Crippen molar-refractivity contribution in [2.75, 3.05) is 13.2 Å². The molecule has 2 saturated carbocycles. The fraction of sp³-hybridized carbons (Fsp3) is 0.607. The number of fused-ring (bicyclic) bond motifs is 5. The van der Waals surface area contributed by atoms with Crippen molar-refractivity contribution in [1.82, 2.24) is 29.2 Å². The normalized spacial score (nSPS) is 31.7. The first-order valence-electron chi connectivity index (χ1n) is 14.1. The second kappa shape index (κ2) is 9.57. The predicted molar refractivity (Wildman–Crippen MR) is 142 cm³/mol. The van der Waals surface area contributed by atoms with E-state index in [0.29, 0.717) is 24.8 Å². The minimum absolute atomic E-state index is 0.0476. The summed E-state index contributed by atoms with van der Waals surface area (Å²) in [5.41, 5.74) is -0.397. The van der Waals surface area contributed by atoms with Gasteiger partial charge in [-0.1, -0.05) is 37.8 Å². The van der Waals surface area contributed by atoms with E-state index in [2.05, 4.69) is 20.0 Å². The molecule has 1 N–H and O–H groups in total. The number of rotatable bonds is 3. The second-order valence-electron chi connectivity index (χ2n) is 11.7. The van der Waals surface area contributed by atoms with Crippen molar-refractivity contribution >= 4 is 11.0 Å². The van der Waals surface area contributed by atoms with Crippen LogP contribution in [0.1, 0.15) is 63.8 Å². The van der Waals surface area contributed by atoms with Crippen LogP contribution in [0.5, 0.6) is 0 Å². The third-order valence-electron chi connectivity index (χ3n) is 9.38. The molecule has 2 aliphatic heterocycles. The summed E-state index contributed by atoms with van der Waals surface area (Å²) in [6.45, 7) is 1.37. The number of hydrogen-bond acceptors (Lipinski definition) is 7. The van der Waals surface area contributed by atoms with Crippen LogP contribution in [-0.2, 0) is 4.74 Å². The van der Waals surface area contributed by atoms with E-state index in [1.165, 1.54) is 44.9 Å². The first-order chi connectivity index (χ1) is 18.5. The zero-order valence-corrected chi connectivity index (χ0v) is 21.5. The fourth-order valence-electron chi connectivity index (χ4n) is 7.98. The molecule has 3 aromatic rings. The molecular weight excluding hydrogens is 484 g/mol. The van der Waals surface area contributed by atoms with Gasteiger partial charge in [-0.15, -0.1) is 0 Å². The third-order valence-corrected chi connectivity index (χ3v) is 9.38. The van der Waals surface area contributed by atoms with Gasteiger partial charge in [0.2, 0.25) is 5.82 Å². The maximum atomic E-state index is 14.0. The van der Waals surface area contributed by atoms with Gasteiger partial charge in [-0.25, -0.2) is 9.78 Å². The summed E-state index contributed by atoms with van der Waals surface area (Å²) >= 11 is 0. The van der Waals surface area contributed by atoms with E-state index >= 15 is 0 Å². The summed E-state index contributed by atoms with van der Waals surface area (Å²) in [5.74, 6) is 1.60. The molecule has 4 bridgehead atoms. The molecule has 4 aliphatic rings. The maximum Gasteiger partial charge on any atom is 0.351 e. The Hall–Kier alpha value is -3.11. The van der Waals surface area contributed by atoms with Gasteiger partial charge in [0, 0.05) is 24.2 Å². The lowest BCUT2D eigenvalue weighted by Gasteiger charge is -2.54. The van der Waals surface area contributed by atoms with Crippen LogP contribution in [-0.4, -0.2) is 60.6 Å². The van der Waals surface area contributed by atoms with E-state index < -0.39 is 11.2 Å². The van der Waals surface area contributed by atoms with Crippen molar-refractivity contribution in [2.45, 2.75) is 82.0 Å². The lowest BCUT2D eigenvalue weighted by molar-refractivity contribution is -0.116. The average Bonchev–Trinajstić information content (AvgIpc) is 3.07. The number of ether oxygens (including phenoxy) is 1. The molecule has 0 amide bonds. The molecule has 10 nitrogen and oxygen atoms in total. The number of nitrogens with one attached hydrogen (secondary N) is 1. The third kappa shape index (κ3) is 4.14. The van der Waals surface area contributed by atoms with E-state index in [1.807, 2.05) is 28.8 Å². The first-order valence-corrected chi connectivity index (χ1v) is 14.1. The molecule has 200 valence electrons. The van der Waals surface area contributed by atoms with Crippen molar-refractivity contribution in [3.63, 3.8) is 0 Å². The quantitative estimate of drug-likeness (QED) is 0.566. The van der Waals surface area contributed by atoms with E-state index in [-0.39, 0.29) is 29.5 Å². The van der Waals surface area contributed by atoms with Crippen LogP contribution in [0.25, 0.3) is 16.9 Å². The van der Waals surface area contributed by atoms with Gasteiger partial charge < -0.3 is 9.30 Å². The Bertz CT molecular complexity index is 1500. The Balaban J connectivity index is 1.27. The number of H-pyrrole nitrogens is 1. The van der Waals surface area contributed by atoms with Crippen molar-refractivity contribution in [1.29, 1.82) is 0 Å². The van der Waals surface area contributed by atoms with Crippen LogP contribution >= 0.6 is 0 Å². The second-order valence-corrected chi connectivity index (χ2v) is 11.7. The van der Waals surface area contributed by atoms with Crippen LogP contribution in [0, 0.1) is 11.8 Å². The van der Waals surface area contributed by atoms with Gasteiger partial charge in [-0.3, -0.25) is 19.5 Å². The molecule has 4 fully saturated rings. The molecule has 4 heterocycles. The summed E-state index contributed by atoms with van der Waals surface area (Å²) in [6, 6.07) is 8.60. The van der Waals surface area contributed by atoms with Gasteiger partial charge in [0.25, 0.3) is 11.1 Å². The Morgan fingerprint density at radius 2 is 1.55 bits per heavy atom. The van der Waals surface area contributed by atoms with E-state index in [9.17, 15) is 14.4 Å². The molecule has 7 rings (SSSR count). The summed E-state index contributed by atoms with van der Waals surface area (Å²) in [6.07, 6.45) is 12.1. The molecule has 0 radical (unpaired) electrons. The molecule has 2 saturated heterocycles. The topological polar surface area (TPSA) is 115 Å². The van der Waals surface area contributed by atoms with Gasteiger partial charge in [-0.2, -0.15) is 9.78 Å². The van der Waals surface area contributed by atoms with Gasteiger partial charge in [0.05, 0.1) is 24.2 Å². The number of aromatic nitrogens is 5. The summed E-state index contributed by atoms with van der Waals surface area (Å²) < 4.78 is 8.79. The molecule has 2 aromatic heterocycles. The first kappa shape index (κ1) is 24.0. The summed E-state index contributed by atoms with van der Waals surface area (Å²) in [7, 11) is 0. The van der Waals surface area contributed by atoms with Gasteiger partial charge in [-0.05, 0) is 56.1 Å². The molecule has 10 heteroatoms. The van der Waals surface area contributed by atoms with Crippen molar-refractivity contribution in [2.24, 2.45) is 11.8 Å². The van der Waals surface area contributed by atoms with Crippen LogP contribution in [0.3, 0.4) is 0 Å². The Morgan fingerprint density at radius 3 is 2.26 bits per heavy atom. The highest BCUT2D eigenvalue weighted by atomic mass is 16.5. The Kier molecular flexibility index (Phi) is 6.04. The van der Waals surface area contributed by atoms with Crippen LogP contribution in [0.2, 0.25) is 0 Å². The van der Waals surface area contributed by atoms with Gasteiger partial charge >= 0.3 is 5.69 Å². The van der Waals surface area contributed by atoms with Gasteiger partial charge in [0.1, 0.15) is 6.20 Å². The van der Waals surface area contributed by atoms with E-state index in [4.69, 9.17) is 4.74 Å². The van der Waals surface area contributed by atoms with Crippen molar-refractivity contribution in [3.8, 4) is 5.82 Å². The number of aromatic amines is 1. The van der Waals surface area contributed by atoms with Crippen molar-refractivity contribution < 1.29 is 4.74 Å². The Labute approximate surface area is 219 Å². The fourth-order valence-corrected chi connectivity index (χ4v) is 7.98. The molecule has 6 atom stereocenters. The molecule has 2 aliphatic carbocycles. The van der Waals surface area contributed by atoms with Crippen LogP contribution in [0.4, 0.5) is 0 Å². The largest absolute Gasteiger partial charge is 0.378 e. The monoisotopic (exact) mass is 518 g/mol. The minimum atomic E-state index is -0.775. The SMILES string of the molecule is O=c1cnn(-c2nc3ccccc3n(C3C[C@H]4COC[C@@H](C3)N4[C@H]3C[C@@H]4CCCC[C@@H](C4)C3)c2=O)c(=O)[nH]1. The smallest absolute Gasteiger partial charge is 0.351 e. The van der Waals surface area contributed by atoms with Crippen LogP contribution < -0.4 is 16.8 Å². The molecule has 38 heavy (non-hydrogen) atoms. The lowest BCUT2D eigenvalue weighted by atomic mass is 9.75. The van der Waals surface area contributed by atoms with Crippen LogP contribution in [0.15, 0.2) is 44.8 Å². The van der Waals surface area contributed by atoms with E-state index in [0.717, 1.165) is 41.1 Å². The number of benzene rings is 1. The molecule has 1 unspecified atom stereocenters. The van der Waals surface area contributed by atoms with Crippen molar-refractivity contribution in [3.05, 3.63) is 61.7 Å². The number of nitrogens with zero attached hydrogens (tertiary/aromatic N) is 5. The minimum Gasteiger partial charge on any atom is -0.378 e. The highest BCUT2D eigenvalue weighted by Crippen LogP contribution is 2.44. The number of piperidine rings is 1. The number of morpholine rings is 1. The van der Waals surface area contributed by atoms with E-state index in [1.54, 1.807) is 0 Å². The van der Waals surface area contributed by atoms with Gasteiger partial charge in [0.15, 0.2) is 0 Å². The predicted octanol–water partition coefficient (Wildman–Crippen LogP) is 2.39. The average molecular weight is 519 g/mol. The standard InChI is InChI=1S/C28H34N6O4/c35-25-14-29-34(28(37)31-25)26-27(36)33(24-8-4-3-7-23(24)30-26)20-12-21-15-38-16-22(13-20)32(21)19-10-17-5-1-2-6-18(9-17)11-19/h3-4,7-8,14,17-22H,1-2,5-6,9-13,15-16H2,(H,31,35,37)/t17-,18+,19+,20?,21-,22+. The zero-order chi connectivity index (χ0) is 25.8. The Morgan fingerprint density at radius 1 is 0.842 bits per heavy atom. The lowest BCUT2D eigenvalue weighted by Crippen LogP contribution is -2.62. The molecular formula is C28H34N6O4.